The van der Waals surface area contributed by atoms with Crippen LogP contribution in [0.5, 0.6) is 0 Å². The molecule has 1 aromatic rings. The number of hydrogen-bond acceptors (Lipinski definition) is 5. The van der Waals surface area contributed by atoms with Gasteiger partial charge in [-0.1, -0.05) is 12.1 Å². The summed E-state index contributed by atoms with van der Waals surface area (Å²) in [4.78, 5) is 52.4. The van der Waals surface area contributed by atoms with Crippen LogP contribution in [0.15, 0.2) is 24.3 Å². The summed E-state index contributed by atoms with van der Waals surface area (Å²) in [6.07, 6.45) is -0.428. The van der Waals surface area contributed by atoms with Crippen molar-refractivity contribution in [3.63, 3.8) is 0 Å². The third-order valence-corrected chi connectivity index (χ3v) is 4.24. The molecule has 126 valence electrons. The summed E-state index contributed by atoms with van der Waals surface area (Å²) >= 11 is 0. The van der Waals surface area contributed by atoms with Crippen LogP contribution < -0.4 is 0 Å². The standard InChI is InChI=1S/C16H17N3O5/c1-24-16(23)18-8-6-17(7-9-18)13(20)10-19-14(21)11-4-2-3-5-12(11)15(19)22/h2-5H,6-10H2,1H3. The number of piperazine rings is 1. The Labute approximate surface area is 138 Å². The first-order valence-electron chi connectivity index (χ1n) is 7.59. The van der Waals surface area contributed by atoms with E-state index in [1.807, 2.05) is 0 Å². The molecule has 4 amide bonds. The number of carbonyl (C=O) groups excluding carboxylic acids is 4. The third kappa shape index (κ3) is 2.70. The van der Waals surface area contributed by atoms with Crippen molar-refractivity contribution in [2.24, 2.45) is 0 Å². The molecule has 0 radical (unpaired) electrons. The second-order valence-corrected chi connectivity index (χ2v) is 5.58. The number of methoxy groups -OCH3 is 1. The van der Waals surface area contributed by atoms with Gasteiger partial charge in [-0.2, -0.15) is 0 Å². The number of fused-ring (bicyclic) bond motifs is 1. The fourth-order valence-corrected chi connectivity index (χ4v) is 2.89. The quantitative estimate of drug-likeness (QED) is 0.722. The minimum absolute atomic E-state index is 0.287. The molecule has 0 saturated carbocycles. The summed E-state index contributed by atoms with van der Waals surface area (Å²) in [6.45, 7) is 1.12. The van der Waals surface area contributed by atoms with Gasteiger partial charge >= 0.3 is 6.09 Å². The van der Waals surface area contributed by atoms with Gasteiger partial charge in [-0.15, -0.1) is 0 Å². The summed E-state index contributed by atoms with van der Waals surface area (Å²) in [5, 5.41) is 0. The van der Waals surface area contributed by atoms with Crippen molar-refractivity contribution in [3.05, 3.63) is 35.4 Å². The van der Waals surface area contributed by atoms with Crippen LogP contribution >= 0.6 is 0 Å². The Kier molecular flexibility index (Phi) is 4.20. The largest absolute Gasteiger partial charge is 0.453 e. The SMILES string of the molecule is COC(=O)N1CCN(C(=O)CN2C(=O)c3ccccc3C2=O)CC1. The highest BCUT2D eigenvalue weighted by molar-refractivity contribution is 6.22. The average Bonchev–Trinajstić information content (AvgIpc) is 2.86. The van der Waals surface area contributed by atoms with Crippen LogP contribution in [0.3, 0.4) is 0 Å². The zero-order valence-electron chi connectivity index (χ0n) is 13.2. The smallest absolute Gasteiger partial charge is 0.409 e. The maximum absolute atomic E-state index is 12.4. The maximum atomic E-state index is 12.4. The lowest BCUT2D eigenvalue weighted by Gasteiger charge is -2.34. The van der Waals surface area contributed by atoms with Crippen LogP contribution in [0.2, 0.25) is 0 Å². The molecule has 2 heterocycles. The predicted octanol–water partition coefficient (Wildman–Crippen LogP) is 0.193. The van der Waals surface area contributed by atoms with Gasteiger partial charge in [0, 0.05) is 26.2 Å². The molecule has 0 atom stereocenters. The summed E-state index contributed by atoms with van der Waals surface area (Å²) in [5.74, 6) is -1.21. The Bertz CT molecular complexity index is 674. The highest BCUT2D eigenvalue weighted by Crippen LogP contribution is 2.22. The number of carbonyl (C=O) groups is 4. The fourth-order valence-electron chi connectivity index (χ4n) is 2.89. The third-order valence-electron chi connectivity index (χ3n) is 4.24. The van der Waals surface area contributed by atoms with Crippen molar-refractivity contribution in [1.29, 1.82) is 0 Å². The molecule has 0 N–H and O–H groups in total. The van der Waals surface area contributed by atoms with Crippen LogP contribution in [-0.2, 0) is 9.53 Å². The van der Waals surface area contributed by atoms with E-state index in [2.05, 4.69) is 4.74 Å². The van der Waals surface area contributed by atoms with E-state index in [0.717, 1.165) is 4.90 Å². The van der Waals surface area contributed by atoms with Crippen LogP contribution in [0.4, 0.5) is 4.79 Å². The zero-order chi connectivity index (χ0) is 17.3. The van der Waals surface area contributed by atoms with Gasteiger partial charge in [0.05, 0.1) is 18.2 Å². The van der Waals surface area contributed by atoms with Gasteiger partial charge in [0.25, 0.3) is 11.8 Å². The van der Waals surface area contributed by atoms with Crippen molar-refractivity contribution < 1.29 is 23.9 Å². The van der Waals surface area contributed by atoms with Crippen molar-refractivity contribution >= 4 is 23.8 Å². The minimum atomic E-state index is -0.447. The van der Waals surface area contributed by atoms with Gasteiger partial charge in [0.2, 0.25) is 5.91 Å². The van der Waals surface area contributed by atoms with Gasteiger partial charge in [0.15, 0.2) is 0 Å². The van der Waals surface area contributed by atoms with Crippen molar-refractivity contribution in [1.82, 2.24) is 14.7 Å². The zero-order valence-corrected chi connectivity index (χ0v) is 13.2. The Morgan fingerprint density at radius 2 is 1.46 bits per heavy atom. The fraction of sp³-hybridized carbons (Fsp3) is 0.375. The van der Waals surface area contributed by atoms with E-state index in [0.29, 0.717) is 37.3 Å². The van der Waals surface area contributed by atoms with Crippen LogP contribution in [0.1, 0.15) is 20.7 Å². The normalized spacial score (nSPS) is 17.1. The van der Waals surface area contributed by atoms with E-state index in [4.69, 9.17) is 0 Å². The van der Waals surface area contributed by atoms with Gasteiger partial charge in [-0.3, -0.25) is 19.3 Å². The number of imide groups is 1. The predicted molar refractivity (Wildman–Crippen MR) is 82.4 cm³/mol. The molecule has 1 fully saturated rings. The molecule has 0 aliphatic carbocycles. The van der Waals surface area contributed by atoms with Gasteiger partial charge in [0.1, 0.15) is 6.54 Å². The molecule has 0 aromatic heterocycles. The van der Waals surface area contributed by atoms with Crippen molar-refractivity contribution in [2.75, 3.05) is 39.8 Å². The monoisotopic (exact) mass is 331 g/mol. The molecule has 24 heavy (non-hydrogen) atoms. The molecule has 0 spiro atoms. The molecule has 1 saturated heterocycles. The molecular formula is C16H17N3O5. The van der Waals surface area contributed by atoms with E-state index in [1.165, 1.54) is 12.0 Å². The molecule has 0 unspecified atom stereocenters. The van der Waals surface area contributed by atoms with E-state index in [9.17, 15) is 19.2 Å². The lowest BCUT2D eigenvalue weighted by atomic mass is 10.1. The highest BCUT2D eigenvalue weighted by atomic mass is 16.5. The van der Waals surface area contributed by atoms with E-state index in [1.54, 1.807) is 29.2 Å². The average molecular weight is 331 g/mol. The first-order chi connectivity index (χ1) is 11.5. The molecule has 1 aromatic carbocycles. The molecular weight excluding hydrogens is 314 g/mol. The van der Waals surface area contributed by atoms with Crippen LogP contribution in [-0.4, -0.2) is 78.3 Å². The highest BCUT2D eigenvalue weighted by Gasteiger charge is 2.37. The van der Waals surface area contributed by atoms with Gasteiger partial charge in [-0.25, -0.2) is 4.79 Å². The molecule has 2 aliphatic rings. The first-order valence-corrected chi connectivity index (χ1v) is 7.59. The van der Waals surface area contributed by atoms with Crippen LogP contribution in [0, 0.1) is 0 Å². The number of amides is 4. The molecule has 8 heteroatoms. The molecule has 2 aliphatic heterocycles. The first kappa shape index (κ1) is 16.0. The molecule has 0 bridgehead atoms. The second-order valence-electron chi connectivity index (χ2n) is 5.58. The summed E-state index contributed by atoms with van der Waals surface area (Å²) < 4.78 is 4.64. The second kappa shape index (κ2) is 6.31. The van der Waals surface area contributed by atoms with Gasteiger partial charge in [-0.05, 0) is 12.1 Å². The Balaban J connectivity index is 1.62. The van der Waals surface area contributed by atoms with Gasteiger partial charge < -0.3 is 14.5 Å². The summed E-state index contributed by atoms with van der Waals surface area (Å²) in [7, 11) is 1.31. The van der Waals surface area contributed by atoms with Crippen molar-refractivity contribution in [2.45, 2.75) is 0 Å². The number of ether oxygens (including phenoxy) is 1. The van der Waals surface area contributed by atoms with E-state index in [-0.39, 0.29) is 12.5 Å². The van der Waals surface area contributed by atoms with Crippen LogP contribution in [0.25, 0.3) is 0 Å². The Morgan fingerprint density at radius 3 is 1.96 bits per heavy atom. The summed E-state index contributed by atoms with van der Waals surface area (Å²) in [5.41, 5.74) is 0.650. The molecule has 3 rings (SSSR count). The topological polar surface area (TPSA) is 87.2 Å². The lowest BCUT2D eigenvalue weighted by Crippen LogP contribution is -2.53. The maximum Gasteiger partial charge on any atom is 0.409 e. The minimum Gasteiger partial charge on any atom is -0.453 e. The summed E-state index contributed by atoms with van der Waals surface area (Å²) in [6, 6.07) is 6.52. The Hall–Kier alpha value is -2.90. The number of hydrogen-bond donors (Lipinski definition) is 0. The number of nitrogens with zero attached hydrogens (tertiary/aromatic N) is 3. The van der Waals surface area contributed by atoms with E-state index < -0.39 is 17.9 Å². The lowest BCUT2D eigenvalue weighted by molar-refractivity contribution is -0.133. The van der Waals surface area contributed by atoms with E-state index >= 15 is 0 Å². The van der Waals surface area contributed by atoms with Crippen molar-refractivity contribution in [3.8, 4) is 0 Å². The molecule has 8 nitrogen and oxygen atoms in total. The number of benzene rings is 1. The number of rotatable bonds is 2. The Morgan fingerprint density at radius 1 is 0.958 bits per heavy atom.